The van der Waals surface area contributed by atoms with Gasteiger partial charge in [0.05, 0.1) is 12.2 Å². The Balaban J connectivity index is 0.000000131. The standard InChI is InChI=1S/2C10H18O/c2*1-9(2)7-4-5-10(3,6-7)8(9)11/h2*7-8,11H,4-6H2,1-3H3/t2*7-,8?,10+/m11/s1. The number of fused-ring (bicyclic) bond motifs is 4. The van der Waals surface area contributed by atoms with Crippen LogP contribution in [0.5, 0.6) is 0 Å². The number of aliphatic hydroxyl groups is 2. The predicted octanol–water partition coefficient (Wildman–Crippen LogP) is 4.39. The number of aliphatic hydroxyl groups excluding tert-OH is 2. The van der Waals surface area contributed by atoms with Crippen LogP contribution in [0, 0.1) is 33.5 Å². The summed E-state index contributed by atoms with van der Waals surface area (Å²) in [6.45, 7) is 13.3. The molecule has 0 aromatic heterocycles. The maximum absolute atomic E-state index is 10.0. The van der Waals surface area contributed by atoms with E-state index in [0.29, 0.717) is 0 Å². The van der Waals surface area contributed by atoms with Crippen LogP contribution < -0.4 is 0 Å². The van der Waals surface area contributed by atoms with Gasteiger partial charge in [0.2, 0.25) is 0 Å². The Bertz CT molecular complexity index is 403. The molecule has 4 aliphatic rings. The number of hydrogen-bond donors (Lipinski definition) is 2. The summed E-state index contributed by atoms with van der Waals surface area (Å²) >= 11 is 0. The Hall–Kier alpha value is -0.0800. The molecule has 2 N–H and O–H groups in total. The van der Waals surface area contributed by atoms with Gasteiger partial charge in [0.1, 0.15) is 0 Å². The fourth-order valence-corrected chi connectivity index (χ4v) is 6.55. The first-order valence-electron chi connectivity index (χ1n) is 9.30. The van der Waals surface area contributed by atoms with E-state index in [4.69, 9.17) is 0 Å². The van der Waals surface area contributed by atoms with E-state index in [1.54, 1.807) is 0 Å². The molecule has 4 bridgehead atoms. The van der Waals surface area contributed by atoms with Crippen molar-refractivity contribution in [3.05, 3.63) is 0 Å². The van der Waals surface area contributed by atoms with E-state index in [0.717, 1.165) is 11.8 Å². The van der Waals surface area contributed by atoms with Crippen molar-refractivity contribution in [1.82, 2.24) is 0 Å². The first-order chi connectivity index (χ1) is 9.93. The smallest absolute Gasteiger partial charge is 0.0647 e. The zero-order valence-electron chi connectivity index (χ0n) is 15.4. The Labute approximate surface area is 136 Å². The molecule has 2 heteroatoms. The van der Waals surface area contributed by atoms with Gasteiger partial charge in [-0.15, -0.1) is 0 Å². The number of rotatable bonds is 0. The maximum atomic E-state index is 10.0. The van der Waals surface area contributed by atoms with Crippen LogP contribution in [0.1, 0.15) is 80.1 Å². The molecule has 0 aromatic carbocycles. The van der Waals surface area contributed by atoms with Crippen LogP contribution in [-0.2, 0) is 0 Å². The molecule has 0 radical (unpaired) electrons. The van der Waals surface area contributed by atoms with Gasteiger partial charge in [-0.25, -0.2) is 0 Å². The first kappa shape index (κ1) is 16.8. The Morgan fingerprint density at radius 3 is 1.09 bits per heavy atom. The van der Waals surface area contributed by atoms with Crippen molar-refractivity contribution < 1.29 is 10.2 Å². The van der Waals surface area contributed by atoms with Gasteiger partial charge in [0, 0.05) is 0 Å². The summed E-state index contributed by atoms with van der Waals surface area (Å²) in [5, 5.41) is 20.0. The Kier molecular flexibility index (Phi) is 3.60. The highest BCUT2D eigenvalue weighted by atomic mass is 16.3. The molecule has 6 atom stereocenters. The van der Waals surface area contributed by atoms with E-state index in [1.165, 1.54) is 38.5 Å². The van der Waals surface area contributed by atoms with Crippen molar-refractivity contribution in [2.45, 2.75) is 92.3 Å². The molecule has 2 nitrogen and oxygen atoms in total. The quantitative estimate of drug-likeness (QED) is 0.697. The first-order valence-corrected chi connectivity index (χ1v) is 9.30. The second kappa shape index (κ2) is 4.72. The second-order valence-corrected chi connectivity index (χ2v) is 10.6. The van der Waals surface area contributed by atoms with Crippen molar-refractivity contribution in [3.8, 4) is 0 Å². The molecule has 0 aliphatic heterocycles. The minimum absolute atomic E-state index is 0.0613. The van der Waals surface area contributed by atoms with Crippen LogP contribution in [0.4, 0.5) is 0 Å². The molecular formula is C20H36O2. The molecule has 0 spiro atoms. The molecule has 2 unspecified atom stereocenters. The average molecular weight is 309 g/mol. The summed E-state index contributed by atoms with van der Waals surface area (Å²) in [5.41, 5.74) is 0.891. The van der Waals surface area contributed by atoms with Crippen LogP contribution in [-0.4, -0.2) is 22.4 Å². The lowest BCUT2D eigenvalue weighted by Gasteiger charge is -2.38. The van der Waals surface area contributed by atoms with E-state index in [9.17, 15) is 10.2 Å². The molecule has 0 aromatic rings. The van der Waals surface area contributed by atoms with Crippen molar-refractivity contribution in [1.29, 1.82) is 0 Å². The molecule has 22 heavy (non-hydrogen) atoms. The normalized spacial score (nSPS) is 53.5. The molecule has 0 heterocycles. The minimum atomic E-state index is -0.0613. The molecule has 0 saturated heterocycles. The lowest BCUT2D eigenvalue weighted by atomic mass is 9.70. The summed E-state index contributed by atoms with van der Waals surface area (Å²) < 4.78 is 0. The summed E-state index contributed by atoms with van der Waals surface area (Å²) in [6.07, 6.45) is 7.52. The predicted molar refractivity (Wildman–Crippen MR) is 90.5 cm³/mol. The van der Waals surface area contributed by atoms with Crippen molar-refractivity contribution in [3.63, 3.8) is 0 Å². The third kappa shape index (κ3) is 2.13. The van der Waals surface area contributed by atoms with Gasteiger partial charge in [-0.05, 0) is 72.0 Å². The third-order valence-electron chi connectivity index (χ3n) is 8.39. The number of hydrogen-bond acceptors (Lipinski definition) is 2. The van der Waals surface area contributed by atoms with E-state index in [1.807, 2.05) is 0 Å². The lowest BCUT2D eigenvalue weighted by molar-refractivity contribution is -0.0340. The highest BCUT2D eigenvalue weighted by molar-refractivity contribution is 5.09. The average Bonchev–Trinajstić information content (AvgIpc) is 3.09. The topological polar surface area (TPSA) is 40.5 Å². The molecule has 4 rings (SSSR count). The van der Waals surface area contributed by atoms with Gasteiger partial charge in [-0.2, -0.15) is 0 Å². The van der Waals surface area contributed by atoms with Gasteiger partial charge < -0.3 is 10.2 Å². The molecule has 4 saturated carbocycles. The highest BCUT2D eigenvalue weighted by Gasteiger charge is 2.59. The molecule has 4 aliphatic carbocycles. The monoisotopic (exact) mass is 308 g/mol. The van der Waals surface area contributed by atoms with Crippen LogP contribution in [0.15, 0.2) is 0 Å². The summed E-state index contributed by atoms with van der Waals surface area (Å²) in [6, 6.07) is 0. The largest absolute Gasteiger partial charge is 0.392 e. The van der Waals surface area contributed by atoms with Gasteiger partial charge >= 0.3 is 0 Å². The third-order valence-corrected chi connectivity index (χ3v) is 8.39. The van der Waals surface area contributed by atoms with Crippen LogP contribution in [0.2, 0.25) is 0 Å². The molecular weight excluding hydrogens is 272 g/mol. The van der Waals surface area contributed by atoms with E-state index in [2.05, 4.69) is 41.5 Å². The molecule has 4 fully saturated rings. The maximum Gasteiger partial charge on any atom is 0.0647 e. The Morgan fingerprint density at radius 2 is 0.955 bits per heavy atom. The summed E-state index contributed by atoms with van der Waals surface area (Å²) in [4.78, 5) is 0. The van der Waals surface area contributed by atoms with Gasteiger partial charge in [0.25, 0.3) is 0 Å². The minimum Gasteiger partial charge on any atom is -0.392 e. The lowest BCUT2D eigenvalue weighted by Crippen LogP contribution is -2.39. The molecule has 0 amide bonds. The fraction of sp³-hybridized carbons (Fsp3) is 1.00. The van der Waals surface area contributed by atoms with E-state index in [-0.39, 0.29) is 33.9 Å². The second-order valence-electron chi connectivity index (χ2n) is 10.6. The summed E-state index contributed by atoms with van der Waals surface area (Å²) in [7, 11) is 0. The Morgan fingerprint density at radius 1 is 0.636 bits per heavy atom. The van der Waals surface area contributed by atoms with Gasteiger partial charge in [-0.1, -0.05) is 41.5 Å². The fourth-order valence-electron chi connectivity index (χ4n) is 6.55. The molecule has 128 valence electrons. The van der Waals surface area contributed by atoms with Crippen LogP contribution in [0.3, 0.4) is 0 Å². The SMILES string of the molecule is CC1(C)C(O)[C@@]2(C)CC[C@@H]1C2.CC1(C)C(O)[C@@]2(C)CC[C@@H]1C2. The van der Waals surface area contributed by atoms with Crippen molar-refractivity contribution >= 4 is 0 Å². The zero-order chi connectivity index (χ0) is 16.6. The van der Waals surface area contributed by atoms with Crippen LogP contribution >= 0.6 is 0 Å². The highest BCUT2D eigenvalue weighted by Crippen LogP contribution is 2.63. The van der Waals surface area contributed by atoms with E-state index < -0.39 is 0 Å². The van der Waals surface area contributed by atoms with Crippen LogP contribution in [0.25, 0.3) is 0 Å². The summed E-state index contributed by atoms with van der Waals surface area (Å²) in [5.74, 6) is 1.56. The van der Waals surface area contributed by atoms with Gasteiger partial charge in [0.15, 0.2) is 0 Å². The zero-order valence-corrected chi connectivity index (χ0v) is 15.4. The van der Waals surface area contributed by atoms with Crippen molar-refractivity contribution in [2.24, 2.45) is 33.5 Å². The van der Waals surface area contributed by atoms with Crippen molar-refractivity contribution in [2.75, 3.05) is 0 Å². The van der Waals surface area contributed by atoms with Gasteiger partial charge in [-0.3, -0.25) is 0 Å². The van der Waals surface area contributed by atoms with E-state index >= 15 is 0 Å².